The molecule has 0 spiro atoms. The molecule has 1 aromatic heterocycles. The summed E-state index contributed by atoms with van der Waals surface area (Å²) >= 11 is 0. The van der Waals surface area contributed by atoms with Crippen molar-refractivity contribution in [2.24, 2.45) is 0 Å². The van der Waals surface area contributed by atoms with Gasteiger partial charge in [0.25, 0.3) is 0 Å². The van der Waals surface area contributed by atoms with Crippen LogP contribution in [0.3, 0.4) is 0 Å². The lowest BCUT2D eigenvalue weighted by Crippen LogP contribution is -2.26. The molecule has 3 nitrogen and oxygen atoms in total. The third kappa shape index (κ3) is 2.43. The van der Waals surface area contributed by atoms with Crippen LogP contribution >= 0.6 is 0 Å². The van der Waals surface area contributed by atoms with E-state index in [9.17, 15) is 5.11 Å². The molecule has 0 saturated carbocycles. The zero-order valence-corrected chi connectivity index (χ0v) is 13.5. The molecule has 0 aliphatic rings. The van der Waals surface area contributed by atoms with Crippen molar-refractivity contribution < 1.29 is 9.84 Å². The zero-order chi connectivity index (χ0) is 16.5. The van der Waals surface area contributed by atoms with Crippen molar-refractivity contribution in [3.8, 4) is 5.75 Å². The lowest BCUT2D eigenvalue weighted by atomic mass is 10.2. The van der Waals surface area contributed by atoms with Crippen molar-refractivity contribution in [1.29, 1.82) is 0 Å². The van der Waals surface area contributed by atoms with Gasteiger partial charge in [-0.2, -0.15) is 0 Å². The van der Waals surface area contributed by atoms with Crippen LogP contribution in [0.25, 0.3) is 21.8 Å². The quantitative estimate of drug-likeness (QED) is 0.589. The molecule has 4 aromatic rings. The number of aromatic nitrogens is 1. The summed E-state index contributed by atoms with van der Waals surface area (Å²) in [4.78, 5) is 0. The standard InChI is InChI=1S/C21H19NO2/c1-15(23)21(24-16-9-3-2-4-10-16)22-19-13-7-5-11-17(19)18-12-6-8-14-20(18)22/h2-15,21,23H,1H3. The summed E-state index contributed by atoms with van der Waals surface area (Å²) in [6, 6.07) is 26.1. The first-order valence-corrected chi connectivity index (χ1v) is 8.13. The summed E-state index contributed by atoms with van der Waals surface area (Å²) in [6.45, 7) is 1.76. The second-order valence-electron chi connectivity index (χ2n) is 5.97. The topological polar surface area (TPSA) is 34.4 Å². The molecule has 0 saturated heterocycles. The molecule has 0 radical (unpaired) electrons. The molecule has 2 unspecified atom stereocenters. The molecular weight excluding hydrogens is 298 g/mol. The van der Waals surface area contributed by atoms with E-state index in [0.29, 0.717) is 0 Å². The maximum atomic E-state index is 10.4. The van der Waals surface area contributed by atoms with Gasteiger partial charge in [0.05, 0.1) is 11.0 Å². The summed E-state index contributed by atoms with van der Waals surface area (Å²) in [5, 5.41) is 12.7. The van der Waals surface area contributed by atoms with E-state index in [0.717, 1.165) is 27.6 Å². The van der Waals surface area contributed by atoms with Crippen LogP contribution in [0.4, 0.5) is 0 Å². The first-order chi connectivity index (χ1) is 11.8. The Balaban J connectivity index is 1.94. The van der Waals surface area contributed by atoms with Gasteiger partial charge in [-0.1, -0.05) is 54.6 Å². The fourth-order valence-corrected chi connectivity index (χ4v) is 3.23. The fraction of sp³-hybridized carbons (Fsp3) is 0.143. The molecule has 4 rings (SSSR count). The maximum Gasteiger partial charge on any atom is 0.202 e. The van der Waals surface area contributed by atoms with Gasteiger partial charge >= 0.3 is 0 Å². The van der Waals surface area contributed by atoms with Gasteiger partial charge in [-0.3, -0.25) is 0 Å². The summed E-state index contributed by atoms with van der Waals surface area (Å²) in [5.41, 5.74) is 2.11. The van der Waals surface area contributed by atoms with Crippen LogP contribution in [-0.4, -0.2) is 15.8 Å². The number of fused-ring (bicyclic) bond motifs is 3. The Labute approximate surface area is 140 Å². The molecule has 2 atom stereocenters. The average Bonchev–Trinajstić information content (AvgIpc) is 2.95. The minimum absolute atomic E-state index is 0.503. The Morgan fingerprint density at radius 2 is 1.25 bits per heavy atom. The third-order valence-electron chi connectivity index (χ3n) is 4.28. The number of nitrogens with zero attached hydrogens (tertiary/aromatic N) is 1. The Kier molecular flexibility index (Phi) is 3.71. The highest BCUT2D eigenvalue weighted by Gasteiger charge is 2.23. The van der Waals surface area contributed by atoms with E-state index in [-0.39, 0.29) is 0 Å². The first kappa shape index (κ1) is 14.8. The van der Waals surface area contributed by atoms with Gasteiger partial charge in [0.2, 0.25) is 6.23 Å². The van der Waals surface area contributed by atoms with E-state index < -0.39 is 12.3 Å². The number of aliphatic hydroxyl groups excluding tert-OH is 1. The molecule has 0 fully saturated rings. The minimum Gasteiger partial charge on any atom is -0.467 e. The third-order valence-corrected chi connectivity index (χ3v) is 4.28. The van der Waals surface area contributed by atoms with Crippen LogP contribution in [0.5, 0.6) is 5.75 Å². The van der Waals surface area contributed by atoms with Crippen LogP contribution < -0.4 is 4.74 Å². The Hall–Kier alpha value is -2.78. The smallest absolute Gasteiger partial charge is 0.202 e. The highest BCUT2D eigenvalue weighted by Crippen LogP contribution is 2.33. The molecule has 24 heavy (non-hydrogen) atoms. The molecule has 3 aromatic carbocycles. The molecule has 0 bridgehead atoms. The van der Waals surface area contributed by atoms with E-state index in [1.165, 1.54) is 0 Å². The van der Waals surface area contributed by atoms with Gasteiger partial charge in [-0.25, -0.2) is 0 Å². The molecular formula is C21H19NO2. The number of benzene rings is 3. The molecule has 0 aliphatic carbocycles. The predicted octanol–water partition coefficient (Wildman–Crippen LogP) is 4.75. The normalized spacial score (nSPS) is 13.9. The Morgan fingerprint density at radius 1 is 0.750 bits per heavy atom. The van der Waals surface area contributed by atoms with Crippen LogP contribution in [0.1, 0.15) is 13.2 Å². The molecule has 120 valence electrons. The van der Waals surface area contributed by atoms with E-state index in [2.05, 4.69) is 28.8 Å². The summed E-state index contributed by atoms with van der Waals surface area (Å²) in [7, 11) is 0. The van der Waals surface area contributed by atoms with Crippen molar-refractivity contribution in [2.45, 2.75) is 19.3 Å². The van der Waals surface area contributed by atoms with Gasteiger partial charge in [0, 0.05) is 10.8 Å². The van der Waals surface area contributed by atoms with Gasteiger partial charge in [-0.05, 0) is 31.2 Å². The van der Waals surface area contributed by atoms with E-state index >= 15 is 0 Å². The first-order valence-electron chi connectivity index (χ1n) is 8.13. The van der Waals surface area contributed by atoms with Gasteiger partial charge in [0.15, 0.2) is 0 Å². The van der Waals surface area contributed by atoms with Crippen molar-refractivity contribution in [2.75, 3.05) is 0 Å². The van der Waals surface area contributed by atoms with Crippen molar-refractivity contribution in [3.05, 3.63) is 78.9 Å². The van der Waals surface area contributed by atoms with Crippen LogP contribution in [0, 0.1) is 0 Å². The molecule has 0 amide bonds. The molecule has 0 aliphatic heterocycles. The number of para-hydroxylation sites is 3. The fourth-order valence-electron chi connectivity index (χ4n) is 3.23. The Bertz CT molecular complexity index is 920. The van der Waals surface area contributed by atoms with Gasteiger partial charge < -0.3 is 14.4 Å². The molecule has 3 heteroatoms. The summed E-state index contributed by atoms with van der Waals surface area (Å²) in [5.74, 6) is 0.741. The van der Waals surface area contributed by atoms with E-state index in [1.807, 2.05) is 54.6 Å². The average molecular weight is 317 g/mol. The van der Waals surface area contributed by atoms with E-state index in [4.69, 9.17) is 4.74 Å². The van der Waals surface area contributed by atoms with E-state index in [1.54, 1.807) is 6.92 Å². The minimum atomic E-state index is -0.663. The van der Waals surface area contributed by atoms with Crippen LogP contribution in [-0.2, 0) is 0 Å². The van der Waals surface area contributed by atoms with Crippen LogP contribution in [0.15, 0.2) is 78.9 Å². The highest BCUT2D eigenvalue weighted by atomic mass is 16.5. The number of aliphatic hydroxyl groups is 1. The summed E-state index contributed by atoms with van der Waals surface area (Å²) in [6.07, 6.45) is -1.17. The Morgan fingerprint density at radius 3 is 1.79 bits per heavy atom. The second kappa shape index (κ2) is 6.02. The number of ether oxygens (including phenoxy) is 1. The highest BCUT2D eigenvalue weighted by molar-refractivity contribution is 6.08. The molecule has 1 heterocycles. The van der Waals surface area contributed by atoms with Gasteiger partial charge in [0.1, 0.15) is 11.9 Å². The van der Waals surface area contributed by atoms with Crippen LogP contribution in [0.2, 0.25) is 0 Å². The van der Waals surface area contributed by atoms with Crippen molar-refractivity contribution in [1.82, 2.24) is 4.57 Å². The lowest BCUT2D eigenvalue weighted by molar-refractivity contribution is 0.00672. The zero-order valence-electron chi connectivity index (χ0n) is 13.5. The lowest BCUT2D eigenvalue weighted by Gasteiger charge is -2.25. The number of hydrogen-bond donors (Lipinski definition) is 1. The maximum absolute atomic E-state index is 10.4. The second-order valence-corrected chi connectivity index (χ2v) is 5.97. The molecule has 1 N–H and O–H groups in total. The predicted molar refractivity (Wildman–Crippen MR) is 97.2 cm³/mol. The number of hydrogen-bond acceptors (Lipinski definition) is 2. The van der Waals surface area contributed by atoms with Gasteiger partial charge in [-0.15, -0.1) is 0 Å². The largest absolute Gasteiger partial charge is 0.467 e. The SMILES string of the molecule is CC(O)C(Oc1ccccc1)n1c2ccccc2c2ccccc21. The van der Waals surface area contributed by atoms with Crippen molar-refractivity contribution in [3.63, 3.8) is 0 Å². The van der Waals surface area contributed by atoms with Crippen molar-refractivity contribution >= 4 is 21.8 Å². The monoisotopic (exact) mass is 317 g/mol. The number of rotatable bonds is 4. The summed E-state index contributed by atoms with van der Waals surface area (Å²) < 4.78 is 8.24.